The van der Waals surface area contributed by atoms with Crippen LogP contribution < -0.4 is 0 Å². The quantitative estimate of drug-likeness (QED) is 0.490. The number of hydrogen-bond acceptors (Lipinski definition) is 0. The summed E-state index contributed by atoms with van der Waals surface area (Å²) in [5, 5.41) is 0. The van der Waals surface area contributed by atoms with Crippen molar-refractivity contribution >= 4 is 0 Å². The molecule has 0 aliphatic carbocycles. The molecule has 0 nitrogen and oxygen atoms in total. The lowest BCUT2D eigenvalue weighted by molar-refractivity contribution is 0.152. The van der Waals surface area contributed by atoms with Crippen molar-refractivity contribution in [1.82, 2.24) is 0 Å². The topological polar surface area (TPSA) is 0 Å². The zero-order valence-electron chi connectivity index (χ0n) is 13.2. The smallest absolute Gasteiger partial charge is 0.0323 e. The van der Waals surface area contributed by atoms with Gasteiger partial charge in [0.1, 0.15) is 0 Å². The van der Waals surface area contributed by atoms with Crippen molar-refractivity contribution in [3.63, 3.8) is 0 Å². The van der Waals surface area contributed by atoms with Crippen molar-refractivity contribution in [2.45, 2.75) is 93.9 Å². The van der Waals surface area contributed by atoms with Gasteiger partial charge in [-0.05, 0) is 23.7 Å². The minimum atomic E-state index is 0.528. The van der Waals surface area contributed by atoms with E-state index >= 15 is 0 Å². The first-order valence-corrected chi connectivity index (χ1v) is 7.30. The summed E-state index contributed by atoms with van der Waals surface area (Å²) in [6.45, 7) is 18.4. The predicted octanol–water partition coefficient (Wildman–Crippen LogP) is 6.45. The first kappa shape index (κ1) is 18.4. The van der Waals surface area contributed by atoms with Crippen molar-refractivity contribution in [3.8, 4) is 0 Å². The van der Waals surface area contributed by atoms with Gasteiger partial charge >= 0.3 is 0 Å². The second-order valence-corrected chi connectivity index (χ2v) is 6.32. The first-order chi connectivity index (χ1) is 7.30. The molecule has 0 aromatic heterocycles. The van der Waals surface area contributed by atoms with Crippen LogP contribution in [0.25, 0.3) is 0 Å². The maximum Gasteiger partial charge on any atom is -0.0323 e. The largest absolute Gasteiger partial charge is 0.0656 e. The van der Waals surface area contributed by atoms with Gasteiger partial charge in [0.15, 0.2) is 0 Å². The first-order valence-electron chi connectivity index (χ1n) is 7.30. The highest BCUT2D eigenvalue weighted by Crippen LogP contribution is 2.41. The minimum absolute atomic E-state index is 0.528. The second-order valence-electron chi connectivity index (χ2n) is 6.32. The van der Waals surface area contributed by atoms with Crippen LogP contribution in [0, 0.1) is 10.8 Å². The van der Waals surface area contributed by atoms with Crippen molar-refractivity contribution < 1.29 is 0 Å². The van der Waals surface area contributed by atoms with Crippen LogP contribution in [-0.4, -0.2) is 0 Å². The van der Waals surface area contributed by atoms with Crippen LogP contribution in [0.3, 0.4) is 0 Å². The van der Waals surface area contributed by atoms with E-state index in [2.05, 4.69) is 55.4 Å². The lowest BCUT2D eigenvalue weighted by Gasteiger charge is -2.36. The van der Waals surface area contributed by atoms with Crippen molar-refractivity contribution in [3.05, 3.63) is 0 Å². The zero-order chi connectivity index (χ0) is 13.2. The molecule has 1 unspecified atom stereocenters. The van der Waals surface area contributed by atoms with Gasteiger partial charge < -0.3 is 0 Å². The Labute approximate surface area is 105 Å². The van der Waals surface area contributed by atoms with Gasteiger partial charge in [0.25, 0.3) is 0 Å². The van der Waals surface area contributed by atoms with E-state index in [1.165, 1.54) is 38.5 Å². The molecule has 0 aromatic rings. The summed E-state index contributed by atoms with van der Waals surface area (Å²) in [5.41, 5.74) is 1.11. The van der Waals surface area contributed by atoms with Crippen molar-refractivity contribution in [2.24, 2.45) is 10.8 Å². The van der Waals surface area contributed by atoms with Gasteiger partial charge in [-0.2, -0.15) is 0 Å². The molecule has 0 saturated carbocycles. The molecular weight excluding hydrogens is 192 g/mol. The van der Waals surface area contributed by atoms with Gasteiger partial charge in [-0.3, -0.25) is 0 Å². The van der Waals surface area contributed by atoms with Crippen LogP contribution in [0.1, 0.15) is 93.9 Å². The Morgan fingerprint density at radius 1 is 0.750 bits per heavy atom. The maximum absolute atomic E-state index is 2.45. The highest BCUT2D eigenvalue weighted by Gasteiger charge is 2.28. The summed E-state index contributed by atoms with van der Waals surface area (Å²) in [7, 11) is 0. The Kier molecular flexibility index (Phi) is 10.4. The van der Waals surface area contributed by atoms with Crippen LogP contribution in [-0.2, 0) is 0 Å². The van der Waals surface area contributed by atoms with Gasteiger partial charge in [0, 0.05) is 0 Å². The van der Waals surface area contributed by atoms with Crippen LogP contribution in [0.15, 0.2) is 0 Å². The Balaban J connectivity index is 0. The molecular formula is C16H36. The van der Waals surface area contributed by atoms with Crippen LogP contribution in [0.4, 0.5) is 0 Å². The molecule has 16 heavy (non-hydrogen) atoms. The minimum Gasteiger partial charge on any atom is -0.0656 e. The molecule has 100 valence electrons. The average Bonchev–Trinajstić information content (AvgIpc) is 2.19. The highest BCUT2D eigenvalue weighted by atomic mass is 14.3. The lowest BCUT2D eigenvalue weighted by atomic mass is 9.69. The monoisotopic (exact) mass is 228 g/mol. The molecule has 0 saturated heterocycles. The third-order valence-corrected chi connectivity index (χ3v) is 3.57. The summed E-state index contributed by atoms with van der Waals surface area (Å²) in [6.07, 6.45) is 7.95. The Morgan fingerprint density at radius 2 is 1.19 bits per heavy atom. The Morgan fingerprint density at radius 3 is 1.44 bits per heavy atom. The summed E-state index contributed by atoms with van der Waals surface area (Å²) in [6, 6.07) is 0. The fourth-order valence-corrected chi connectivity index (χ4v) is 2.27. The Hall–Kier alpha value is 0. The molecule has 0 rings (SSSR count). The molecule has 0 radical (unpaired) electrons. The predicted molar refractivity (Wildman–Crippen MR) is 78.0 cm³/mol. The normalized spacial score (nSPS) is 15.0. The van der Waals surface area contributed by atoms with Crippen LogP contribution in [0.5, 0.6) is 0 Å². The molecule has 0 heteroatoms. The summed E-state index contributed by atoms with van der Waals surface area (Å²) in [4.78, 5) is 0. The van der Waals surface area contributed by atoms with E-state index in [-0.39, 0.29) is 0 Å². The van der Waals surface area contributed by atoms with Gasteiger partial charge in [-0.1, -0.05) is 81.1 Å². The van der Waals surface area contributed by atoms with Crippen LogP contribution in [0.2, 0.25) is 0 Å². The second kappa shape index (κ2) is 9.07. The summed E-state index contributed by atoms with van der Waals surface area (Å²) >= 11 is 0. The van der Waals surface area contributed by atoms with Gasteiger partial charge in [0.2, 0.25) is 0 Å². The highest BCUT2D eigenvalue weighted by molar-refractivity contribution is 4.80. The summed E-state index contributed by atoms with van der Waals surface area (Å²) in [5.74, 6) is 0. The Bertz CT molecular complexity index is 146. The number of rotatable bonds is 6. The molecule has 0 aliphatic heterocycles. The molecule has 0 aromatic carbocycles. The number of hydrogen-bond donors (Lipinski definition) is 0. The van der Waals surface area contributed by atoms with E-state index in [0.29, 0.717) is 10.8 Å². The molecule has 0 N–H and O–H groups in total. The van der Waals surface area contributed by atoms with E-state index in [9.17, 15) is 0 Å². The molecule has 0 heterocycles. The van der Waals surface area contributed by atoms with Crippen molar-refractivity contribution in [1.29, 1.82) is 0 Å². The fourth-order valence-electron chi connectivity index (χ4n) is 2.27. The standard InChI is InChI=1S/C13H28.C3H8/c1-7-10-13(6,9-3)11-12(4,5)8-2;1-3-2/h7-11H2,1-6H3;3H2,1-2H3. The van der Waals surface area contributed by atoms with Gasteiger partial charge in [-0.25, -0.2) is 0 Å². The van der Waals surface area contributed by atoms with E-state index in [4.69, 9.17) is 0 Å². The molecule has 0 bridgehead atoms. The molecule has 1 atom stereocenters. The van der Waals surface area contributed by atoms with Gasteiger partial charge in [-0.15, -0.1) is 0 Å². The molecule has 0 aliphatic rings. The van der Waals surface area contributed by atoms with E-state index in [1.54, 1.807) is 0 Å². The molecule has 0 amide bonds. The SMILES string of the molecule is CCC.CCCC(C)(CC)CC(C)(C)CC. The van der Waals surface area contributed by atoms with E-state index in [1.807, 2.05) is 0 Å². The van der Waals surface area contributed by atoms with E-state index < -0.39 is 0 Å². The summed E-state index contributed by atoms with van der Waals surface area (Å²) < 4.78 is 0. The fraction of sp³-hybridized carbons (Fsp3) is 1.00. The molecule has 0 fully saturated rings. The van der Waals surface area contributed by atoms with Gasteiger partial charge in [0.05, 0.1) is 0 Å². The lowest BCUT2D eigenvalue weighted by Crippen LogP contribution is -2.24. The average molecular weight is 228 g/mol. The zero-order valence-corrected chi connectivity index (χ0v) is 13.2. The van der Waals surface area contributed by atoms with E-state index in [0.717, 1.165) is 0 Å². The maximum atomic E-state index is 2.45. The van der Waals surface area contributed by atoms with Crippen LogP contribution >= 0.6 is 0 Å². The third-order valence-electron chi connectivity index (χ3n) is 3.57. The van der Waals surface area contributed by atoms with Crippen molar-refractivity contribution in [2.75, 3.05) is 0 Å². The third kappa shape index (κ3) is 9.24. The molecule has 0 spiro atoms.